The second-order valence-electron chi connectivity index (χ2n) is 3.11. The van der Waals surface area contributed by atoms with Crippen LogP contribution in [0.25, 0.3) is 17.0 Å². The Hall–Kier alpha value is -1.61. The Kier molecular flexibility index (Phi) is 2.33. The predicted octanol–water partition coefficient (Wildman–Crippen LogP) is 1.58. The number of nitrogens with zero attached hydrogens (tertiary/aromatic N) is 2. The van der Waals surface area contributed by atoms with Crippen LogP contribution in [0.5, 0.6) is 0 Å². The Morgan fingerprint density at radius 3 is 3.00 bits per heavy atom. The molecule has 3 heteroatoms. The van der Waals surface area contributed by atoms with Gasteiger partial charge in [-0.25, -0.2) is 0 Å². The number of aryl methyl sites for hydroxylation is 1. The van der Waals surface area contributed by atoms with Crippen molar-refractivity contribution in [3.63, 3.8) is 0 Å². The molecular weight excluding hydrogens is 176 g/mol. The third kappa shape index (κ3) is 1.42. The molecule has 0 spiro atoms. The molecule has 0 atom stereocenters. The third-order valence-electron chi connectivity index (χ3n) is 2.17. The second-order valence-corrected chi connectivity index (χ2v) is 3.11. The molecule has 0 saturated carbocycles. The lowest BCUT2D eigenvalue weighted by Gasteiger charge is -1.90. The number of aliphatic hydroxyl groups is 1. The SMILES string of the molecule is Cn1nc(/C=C/CO)c2ccccc21. The molecule has 0 aliphatic heterocycles. The van der Waals surface area contributed by atoms with Crippen molar-refractivity contribution in [3.8, 4) is 0 Å². The van der Waals surface area contributed by atoms with Crippen LogP contribution in [0.4, 0.5) is 0 Å². The summed E-state index contributed by atoms with van der Waals surface area (Å²) in [5, 5.41) is 14.1. The van der Waals surface area contributed by atoms with Gasteiger partial charge in [-0.3, -0.25) is 4.68 Å². The molecular formula is C11H12N2O. The molecule has 0 amide bonds. The lowest BCUT2D eigenvalue weighted by molar-refractivity contribution is 0.343. The fraction of sp³-hybridized carbons (Fsp3) is 0.182. The number of para-hydroxylation sites is 1. The van der Waals surface area contributed by atoms with Crippen molar-refractivity contribution in [2.24, 2.45) is 7.05 Å². The van der Waals surface area contributed by atoms with Gasteiger partial charge in [0, 0.05) is 12.4 Å². The zero-order chi connectivity index (χ0) is 9.97. The molecule has 1 N–H and O–H groups in total. The van der Waals surface area contributed by atoms with E-state index in [0.717, 1.165) is 16.6 Å². The van der Waals surface area contributed by atoms with E-state index in [9.17, 15) is 0 Å². The highest BCUT2D eigenvalue weighted by molar-refractivity contribution is 5.87. The maximum atomic E-state index is 8.69. The summed E-state index contributed by atoms with van der Waals surface area (Å²) in [6, 6.07) is 8.03. The molecule has 1 aromatic heterocycles. The summed E-state index contributed by atoms with van der Waals surface area (Å²) in [5.74, 6) is 0. The van der Waals surface area contributed by atoms with Crippen molar-refractivity contribution in [2.75, 3.05) is 6.61 Å². The maximum absolute atomic E-state index is 8.69. The highest BCUT2D eigenvalue weighted by Gasteiger charge is 2.03. The largest absolute Gasteiger partial charge is 0.392 e. The van der Waals surface area contributed by atoms with Gasteiger partial charge >= 0.3 is 0 Å². The first-order valence-electron chi connectivity index (χ1n) is 4.52. The van der Waals surface area contributed by atoms with Crippen molar-refractivity contribution >= 4 is 17.0 Å². The van der Waals surface area contributed by atoms with Crippen molar-refractivity contribution in [3.05, 3.63) is 36.0 Å². The summed E-state index contributed by atoms with van der Waals surface area (Å²) in [4.78, 5) is 0. The van der Waals surface area contributed by atoms with Gasteiger partial charge in [0.2, 0.25) is 0 Å². The standard InChI is InChI=1S/C11H12N2O/c1-13-11-7-3-2-5-9(11)10(12-13)6-4-8-14/h2-7,14H,8H2,1H3/b6-4+. The van der Waals surface area contributed by atoms with E-state index < -0.39 is 0 Å². The highest BCUT2D eigenvalue weighted by atomic mass is 16.2. The van der Waals surface area contributed by atoms with Crippen LogP contribution in [0.1, 0.15) is 5.69 Å². The lowest BCUT2D eigenvalue weighted by atomic mass is 10.2. The average Bonchev–Trinajstić information content (AvgIpc) is 2.54. The van der Waals surface area contributed by atoms with Crippen molar-refractivity contribution in [1.29, 1.82) is 0 Å². The van der Waals surface area contributed by atoms with E-state index in [1.165, 1.54) is 0 Å². The molecule has 72 valence electrons. The number of aliphatic hydroxyl groups excluding tert-OH is 1. The molecule has 0 bridgehead atoms. The molecule has 3 nitrogen and oxygen atoms in total. The lowest BCUT2D eigenvalue weighted by Crippen LogP contribution is -1.88. The number of rotatable bonds is 2. The fourth-order valence-electron chi connectivity index (χ4n) is 1.53. The van der Waals surface area contributed by atoms with E-state index in [4.69, 9.17) is 5.11 Å². The second kappa shape index (κ2) is 3.64. The van der Waals surface area contributed by atoms with Gasteiger partial charge in [-0.2, -0.15) is 5.10 Å². The van der Waals surface area contributed by atoms with Crippen LogP contribution in [-0.4, -0.2) is 21.5 Å². The highest BCUT2D eigenvalue weighted by Crippen LogP contribution is 2.18. The van der Waals surface area contributed by atoms with E-state index in [2.05, 4.69) is 5.10 Å². The molecule has 0 fully saturated rings. The van der Waals surface area contributed by atoms with E-state index in [-0.39, 0.29) is 6.61 Å². The Balaban J connectivity index is 2.61. The summed E-state index contributed by atoms with van der Waals surface area (Å²) in [7, 11) is 1.92. The molecule has 0 saturated heterocycles. The van der Waals surface area contributed by atoms with Crippen molar-refractivity contribution in [1.82, 2.24) is 9.78 Å². The van der Waals surface area contributed by atoms with Gasteiger partial charge in [0.05, 0.1) is 17.8 Å². The summed E-state index contributed by atoms with van der Waals surface area (Å²) >= 11 is 0. The van der Waals surface area contributed by atoms with Gasteiger partial charge < -0.3 is 5.11 Å². The summed E-state index contributed by atoms with van der Waals surface area (Å²) in [6.45, 7) is 0.0465. The molecule has 1 aromatic carbocycles. The molecule has 1 heterocycles. The normalized spacial score (nSPS) is 11.6. The zero-order valence-electron chi connectivity index (χ0n) is 8.01. The number of hydrogen-bond acceptors (Lipinski definition) is 2. The van der Waals surface area contributed by atoms with E-state index >= 15 is 0 Å². The topological polar surface area (TPSA) is 38.0 Å². The average molecular weight is 188 g/mol. The molecule has 0 unspecified atom stereocenters. The number of aromatic nitrogens is 2. The minimum absolute atomic E-state index is 0.0465. The first-order chi connectivity index (χ1) is 6.83. The van der Waals surface area contributed by atoms with Gasteiger partial charge in [0.1, 0.15) is 0 Å². The Morgan fingerprint density at radius 1 is 1.43 bits per heavy atom. The Morgan fingerprint density at radius 2 is 2.21 bits per heavy atom. The van der Waals surface area contributed by atoms with Crippen LogP contribution in [0, 0.1) is 0 Å². The van der Waals surface area contributed by atoms with Gasteiger partial charge in [0.15, 0.2) is 0 Å². The third-order valence-corrected chi connectivity index (χ3v) is 2.17. The van der Waals surface area contributed by atoms with Gasteiger partial charge in [-0.1, -0.05) is 24.3 Å². The van der Waals surface area contributed by atoms with Gasteiger partial charge in [-0.15, -0.1) is 0 Å². The molecule has 0 aliphatic carbocycles. The van der Waals surface area contributed by atoms with Crippen molar-refractivity contribution < 1.29 is 5.11 Å². The van der Waals surface area contributed by atoms with Crippen LogP contribution >= 0.6 is 0 Å². The van der Waals surface area contributed by atoms with Crippen LogP contribution < -0.4 is 0 Å². The van der Waals surface area contributed by atoms with Crippen LogP contribution in [-0.2, 0) is 7.05 Å². The fourth-order valence-corrected chi connectivity index (χ4v) is 1.53. The number of benzene rings is 1. The van der Waals surface area contributed by atoms with Crippen LogP contribution in [0.15, 0.2) is 30.3 Å². The Bertz CT molecular complexity index is 471. The molecule has 2 rings (SSSR count). The summed E-state index contributed by atoms with van der Waals surface area (Å²) in [5.41, 5.74) is 2.00. The van der Waals surface area contributed by atoms with Gasteiger partial charge in [0.25, 0.3) is 0 Å². The summed E-state index contributed by atoms with van der Waals surface area (Å²) in [6.07, 6.45) is 3.52. The van der Waals surface area contributed by atoms with E-state index in [1.54, 1.807) is 6.08 Å². The van der Waals surface area contributed by atoms with Crippen LogP contribution in [0.3, 0.4) is 0 Å². The van der Waals surface area contributed by atoms with E-state index in [1.807, 2.05) is 42.1 Å². The van der Waals surface area contributed by atoms with E-state index in [0.29, 0.717) is 0 Å². The first kappa shape index (κ1) is 8.97. The molecule has 14 heavy (non-hydrogen) atoms. The number of fused-ring (bicyclic) bond motifs is 1. The summed E-state index contributed by atoms with van der Waals surface area (Å²) < 4.78 is 1.84. The minimum atomic E-state index is 0.0465. The first-order valence-corrected chi connectivity index (χ1v) is 4.52. The molecule has 0 aliphatic rings. The van der Waals surface area contributed by atoms with Crippen molar-refractivity contribution in [2.45, 2.75) is 0 Å². The Labute approximate surface area is 82.3 Å². The predicted molar refractivity (Wildman–Crippen MR) is 56.8 cm³/mol. The molecule has 0 radical (unpaired) electrons. The van der Waals surface area contributed by atoms with Crippen LogP contribution in [0.2, 0.25) is 0 Å². The quantitative estimate of drug-likeness (QED) is 0.777. The zero-order valence-corrected chi connectivity index (χ0v) is 8.01. The monoisotopic (exact) mass is 188 g/mol. The number of hydrogen-bond donors (Lipinski definition) is 1. The smallest absolute Gasteiger partial charge is 0.0927 e. The molecule has 2 aromatic rings. The minimum Gasteiger partial charge on any atom is -0.392 e. The van der Waals surface area contributed by atoms with Gasteiger partial charge in [-0.05, 0) is 12.1 Å². The maximum Gasteiger partial charge on any atom is 0.0927 e.